The van der Waals surface area contributed by atoms with Crippen molar-refractivity contribution in [2.24, 2.45) is 0 Å². The van der Waals surface area contributed by atoms with Crippen molar-refractivity contribution in [2.45, 2.75) is 52.6 Å². The molecule has 0 saturated heterocycles. The first-order chi connectivity index (χ1) is 8.15. The summed E-state index contributed by atoms with van der Waals surface area (Å²) in [6.45, 7) is 7.25. The van der Waals surface area contributed by atoms with Gasteiger partial charge in [-0.05, 0) is 30.7 Å². The van der Waals surface area contributed by atoms with Crippen LogP contribution in [-0.4, -0.2) is 43.6 Å². The van der Waals surface area contributed by atoms with Gasteiger partial charge in [-0.25, -0.2) is 4.68 Å². The van der Waals surface area contributed by atoms with E-state index in [0.717, 1.165) is 25.8 Å². The molecule has 0 radical (unpaired) electrons. The van der Waals surface area contributed by atoms with Gasteiger partial charge in [0.1, 0.15) is 12.9 Å². The molecule has 1 amide bonds. The van der Waals surface area contributed by atoms with Gasteiger partial charge in [-0.3, -0.25) is 4.79 Å². The van der Waals surface area contributed by atoms with Crippen molar-refractivity contribution in [3.8, 4) is 0 Å². The molecule has 6 heteroatoms. The van der Waals surface area contributed by atoms with Crippen LogP contribution in [0, 0.1) is 0 Å². The third-order valence-corrected chi connectivity index (χ3v) is 2.63. The van der Waals surface area contributed by atoms with E-state index in [-0.39, 0.29) is 18.5 Å². The molecule has 0 unspecified atom stereocenters. The lowest BCUT2D eigenvalue weighted by Gasteiger charge is -2.26. The predicted octanol–water partition coefficient (Wildman–Crippen LogP) is 1.10. The summed E-state index contributed by atoms with van der Waals surface area (Å²) < 4.78 is 1.46. The molecule has 0 aliphatic heterocycles. The molecule has 17 heavy (non-hydrogen) atoms. The fourth-order valence-electron chi connectivity index (χ4n) is 1.69. The average molecular weight is 239 g/mol. The summed E-state index contributed by atoms with van der Waals surface area (Å²) in [6, 6.07) is 0.218. The molecule has 96 valence electrons. The molecular weight excluding hydrogens is 218 g/mol. The number of amides is 1. The predicted molar refractivity (Wildman–Crippen MR) is 64.2 cm³/mol. The van der Waals surface area contributed by atoms with Crippen molar-refractivity contribution >= 4 is 5.91 Å². The minimum atomic E-state index is 0.0726. The average Bonchev–Trinajstić information content (AvgIpc) is 2.76. The Bertz CT molecular complexity index is 323. The van der Waals surface area contributed by atoms with Gasteiger partial charge in [0.15, 0.2) is 0 Å². The molecule has 0 atom stereocenters. The zero-order valence-corrected chi connectivity index (χ0v) is 10.8. The summed E-state index contributed by atoms with van der Waals surface area (Å²) in [4.78, 5) is 13.9. The van der Waals surface area contributed by atoms with E-state index in [9.17, 15) is 4.79 Å². The van der Waals surface area contributed by atoms with Crippen LogP contribution in [0.25, 0.3) is 0 Å². The van der Waals surface area contributed by atoms with E-state index in [4.69, 9.17) is 0 Å². The summed E-state index contributed by atoms with van der Waals surface area (Å²) in [5.41, 5.74) is 0. The lowest BCUT2D eigenvalue weighted by Crippen LogP contribution is -2.39. The Labute approximate surface area is 102 Å². The van der Waals surface area contributed by atoms with Gasteiger partial charge >= 0.3 is 0 Å². The summed E-state index contributed by atoms with van der Waals surface area (Å²) in [6.07, 6.45) is 4.83. The van der Waals surface area contributed by atoms with Gasteiger partial charge in [0.05, 0.1) is 0 Å². The highest BCUT2D eigenvalue weighted by Gasteiger charge is 2.16. The number of tetrazole rings is 1. The number of carbonyl (C=O) groups excluding carboxylic acids is 1. The minimum Gasteiger partial charge on any atom is -0.339 e. The normalized spacial score (nSPS) is 10.8. The number of aromatic nitrogens is 4. The third-order valence-electron chi connectivity index (χ3n) is 2.63. The van der Waals surface area contributed by atoms with Crippen LogP contribution in [-0.2, 0) is 11.3 Å². The van der Waals surface area contributed by atoms with Gasteiger partial charge in [-0.15, -0.1) is 5.10 Å². The maximum atomic E-state index is 12.1. The van der Waals surface area contributed by atoms with E-state index in [2.05, 4.69) is 22.4 Å². The summed E-state index contributed by atoms with van der Waals surface area (Å²) >= 11 is 0. The second-order valence-corrected chi connectivity index (χ2v) is 4.40. The Morgan fingerprint density at radius 2 is 2.18 bits per heavy atom. The van der Waals surface area contributed by atoms with Crippen molar-refractivity contribution in [2.75, 3.05) is 6.54 Å². The first-order valence-corrected chi connectivity index (χ1v) is 6.15. The molecule has 0 aliphatic rings. The van der Waals surface area contributed by atoms with Crippen LogP contribution in [0.5, 0.6) is 0 Å². The summed E-state index contributed by atoms with van der Waals surface area (Å²) in [7, 11) is 0. The largest absolute Gasteiger partial charge is 0.339 e. The second-order valence-electron chi connectivity index (χ2n) is 4.40. The van der Waals surface area contributed by atoms with E-state index in [1.54, 1.807) is 0 Å². The van der Waals surface area contributed by atoms with Gasteiger partial charge in [-0.1, -0.05) is 19.8 Å². The molecule has 0 aliphatic carbocycles. The maximum Gasteiger partial charge on any atom is 0.244 e. The zero-order chi connectivity index (χ0) is 12.7. The molecule has 1 rings (SSSR count). The fraction of sp³-hybridized carbons (Fsp3) is 0.818. The molecule has 0 aromatic carbocycles. The topological polar surface area (TPSA) is 63.9 Å². The smallest absolute Gasteiger partial charge is 0.244 e. The quantitative estimate of drug-likeness (QED) is 0.668. The van der Waals surface area contributed by atoms with E-state index in [1.807, 2.05) is 18.7 Å². The van der Waals surface area contributed by atoms with Gasteiger partial charge < -0.3 is 4.90 Å². The number of hydrogen-bond donors (Lipinski definition) is 0. The Morgan fingerprint density at radius 1 is 1.41 bits per heavy atom. The molecule has 0 bridgehead atoms. The third kappa shape index (κ3) is 4.50. The standard InChI is InChI=1S/C11H21N5O/c1-4-5-6-7-16(10(2)3)11(17)8-15-9-12-13-14-15/h9-10H,4-8H2,1-3H3. The SMILES string of the molecule is CCCCCN(C(=O)Cn1cnnn1)C(C)C. The summed E-state index contributed by atoms with van der Waals surface area (Å²) in [5, 5.41) is 10.7. The van der Waals surface area contributed by atoms with Crippen molar-refractivity contribution in [1.82, 2.24) is 25.1 Å². The minimum absolute atomic E-state index is 0.0726. The van der Waals surface area contributed by atoms with Crippen molar-refractivity contribution < 1.29 is 4.79 Å². The van der Waals surface area contributed by atoms with Crippen molar-refractivity contribution in [3.63, 3.8) is 0 Å². The number of unbranched alkanes of at least 4 members (excludes halogenated alkanes) is 2. The lowest BCUT2D eigenvalue weighted by atomic mass is 10.2. The summed E-state index contributed by atoms with van der Waals surface area (Å²) in [5.74, 6) is 0.0726. The Morgan fingerprint density at radius 3 is 2.71 bits per heavy atom. The molecule has 1 aromatic heterocycles. The Balaban J connectivity index is 2.48. The number of carbonyl (C=O) groups is 1. The Kier molecular flexibility index (Phi) is 5.59. The van der Waals surface area contributed by atoms with Crippen LogP contribution >= 0.6 is 0 Å². The number of nitrogens with zero attached hydrogens (tertiary/aromatic N) is 5. The molecule has 6 nitrogen and oxygen atoms in total. The molecule has 1 heterocycles. The highest BCUT2D eigenvalue weighted by molar-refractivity contribution is 5.76. The fourth-order valence-corrected chi connectivity index (χ4v) is 1.69. The molecule has 1 aromatic rings. The van der Waals surface area contributed by atoms with Crippen LogP contribution in [0.2, 0.25) is 0 Å². The highest BCUT2D eigenvalue weighted by Crippen LogP contribution is 2.04. The number of rotatable bonds is 7. The van der Waals surface area contributed by atoms with E-state index in [1.165, 1.54) is 11.0 Å². The first-order valence-electron chi connectivity index (χ1n) is 6.15. The van der Waals surface area contributed by atoms with E-state index >= 15 is 0 Å². The van der Waals surface area contributed by atoms with Crippen LogP contribution in [0.15, 0.2) is 6.33 Å². The van der Waals surface area contributed by atoms with Crippen molar-refractivity contribution in [1.29, 1.82) is 0 Å². The lowest BCUT2D eigenvalue weighted by molar-refractivity contribution is -0.133. The van der Waals surface area contributed by atoms with Gasteiger partial charge in [-0.2, -0.15) is 0 Å². The highest BCUT2D eigenvalue weighted by atomic mass is 16.2. The maximum absolute atomic E-state index is 12.1. The van der Waals surface area contributed by atoms with Crippen molar-refractivity contribution in [3.05, 3.63) is 6.33 Å². The van der Waals surface area contributed by atoms with Crippen LogP contribution in [0.4, 0.5) is 0 Å². The monoisotopic (exact) mass is 239 g/mol. The molecule has 0 saturated carbocycles. The zero-order valence-electron chi connectivity index (χ0n) is 10.8. The molecule has 0 spiro atoms. The first kappa shape index (κ1) is 13.6. The molecule has 0 fully saturated rings. The second kappa shape index (κ2) is 6.98. The van der Waals surface area contributed by atoms with E-state index in [0.29, 0.717) is 0 Å². The number of hydrogen-bond acceptors (Lipinski definition) is 4. The molecular formula is C11H21N5O. The van der Waals surface area contributed by atoms with Crippen LogP contribution in [0.3, 0.4) is 0 Å². The van der Waals surface area contributed by atoms with Gasteiger partial charge in [0, 0.05) is 12.6 Å². The Hall–Kier alpha value is -1.46. The van der Waals surface area contributed by atoms with Gasteiger partial charge in [0.25, 0.3) is 0 Å². The molecule has 0 N–H and O–H groups in total. The van der Waals surface area contributed by atoms with Crippen LogP contribution in [0.1, 0.15) is 40.0 Å². The van der Waals surface area contributed by atoms with Gasteiger partial charge in [0.2, 0.25) is 5.91 Å². The van der Waals surface area contributed by atoms with Crippen LogP contribution < -0.4 is 0 Å². The van der Waals surface area contributed by atoms with E-state index < -0.39 is 0 Å².